The molecule has 6 heteroatoms. The molecule has 0 unspecified atom stereocenters. The van der Waals surface area contributed by atoms with Gasteiger partial charge in [0.2, 0.25) is 11.0 Å². The number of aromatic amines is 1. The van der Waals surface area contributed by atoms with Gasteiger partial charge in [0.15, 0.2) is 5.69 Å². The summed E-state index contributed by atoms with van der Waals surface area (Å²) in [5.41, 5.74) is 1.24. The van der Waals surface area contributed by atoms with Crippen LogP contribution >= 0.6 is 12.2 Å². The van der Waals surface area contributed by atoms with Gasteiger partial charge in [-0.3, -0.25) is 0 Å². The average molecular weight is 290 g/mol. The summed E-state index contributed by atoms with van der Waals surface area (Å²) in [5, 5.41) is 22.0. The highest BCUT2D eigenvalue weighted by molar-refractivity contribution is 7.80. The molecule has 106 valence electrons. The van der Waals surface area contributed by atoms with Crippen molar-refractivity contribution in [2.45, 2.75) is 26.2 Å². The highest BCUT2D eigenvalue weighted by atomic mass is 32.1. The fourth-order valence-electron chi connectivity index (χ4n) is 1.92. The lowest BCUT2D eigenvalue weighted by atomic mass is 10.2. The van der Waals surface area contributed by atoms with Crippen LogP contribution in [-0.2, 0) is 0 Å². The molecule has 1 heterocycles. The van der Waals surface area contributed by atoms with Crippen LogP contribution in [0.25, 0.3) is 10.9 Å². The zero-order valence-electron chi connectivity index (χ0n) is 11.4. The third kappa shape index (κ3) is 3.54. The van der Waals surface area contributed by atoms with Crippen molar-refractivity contribution >= 4 is 33.9 Å². The first-order chi connectivity index (χ1) is 9.72. The minimum atomic E-state index is 0.00346. The second kappa shape index (κ2) is 7.00. The second-order valence-electron chi connectivity index (χ2n) is 4.51. The van der Waals surface area contributed by atoms with Crippen molar-refractivity contribution in [3.8, 4) is 5.88 Å². The van der Waals surface area contributed by atoms with Crippen LogP contribution in [0.5, 0.6) is 5.88 Å². The van der Waals surface area contributed by atoms with Crippen LogP contribution in [-0.4, -0.2) is 21.7 Å². The normalized spacial score (nSPS) is 11.2. The fraction of sp³-hybridized carbons (Fsp3) is 0.357. The number of fused-ring (bicyclic) bond motifs is 1. The minimum Gasteiger partial charge on any atom is -0.493 e. The van der Waals surface area contributed by atoms with Gasteiger partial charge in [0.1, 0.15) is 0 Å². The van der Waals surface area contributed by atoms with Crippen LogP contribution < -0.4 is 5.32 Å². The topological polar surface area (TPSA) is 72.8 Å². The number of H-pyrrole nitrogens is 1. The van der Waals surface area contributed by atoms with E-state index in [4.69, 9.17) is 12.2 Å². The van der Waals surface area contributed by atoms with Crippen molar-refractivity contribution in [1.82, 2.24) is 10.3 Å². The maximum atomic E-state index is 9.82. The monoisotopic (exact) mass is 290 g/mol. The van der Waals surface area contributed by atoms with Crippen LogP contribution in [0.2, 0.25) is 0 Å². The highest BCUT2D eigenvalue weighted by Gasteiger charge is 2.09. The lowest BCUT2D eigenvalue weighted by Crippen LogP contribution is -2.19. The van der Waals surface area contributed by atoms with E-state index in [0.717, 1.165) is 30.3 Å². The van der Waals surface area contributed by atoms with Gasteiger partial charge in [0.25, 0.3) is 0 Å². The number of aromatic nitrogens is 1. The van der Waals surface area contributed by atoms with Crippen molar-refractivity contribution in [3.05, 3.63) is 24.3 Å². The molecule has 0 aliphatic carbocycles. The molecule has 0 aliphatic heterocycles. The van der Waals surface area contributed by atoms with Gasteiger partial charge in [0.05, 0.1) is 5.52 Å². The molecule has 0 radical (unpaired) electrons. The van der Waals surface area contributed by atoms with Crippen molar-refractivity contribution in [2.24, 2.45) is 10.2 Å². The van der Waals surface area contributed by atoms with E-state index in [1.54, 1.807) is 0 Å². The number of rotatable bonds is 5. The first-order valence-corrected chi connectivity index (χ1v) is 7.12. The third-order valence-electron chi connectivity index (χ3n) is 2.96. The standard InChI is InChI=1S/C14H18N4OS/c1-2-3-6-9-15-14(20)18-17-12-10-7-4-5-8-11(10)16-13(12)19/h4-5,7-8,16,19H,2-3,6,9H2,1H3,(H,15,20). The Balaban J connectivity index is 2.02. The summed E-state index contributed by atoms with van der Waals surface area (Å²) in [7, 11) is 0. The minimum absolute atomic E-state index is 0.00346. The molecule has 2 aromatic rings. The van der Waals surface area contributed by atoms with Crippen molar-refractivity contribution in [2.75, 3.05) is 6.54 Å². The lowest BCUT2D eigenvalue weighted by Gasteiger charge is -2.01. The maximum absolute atomic E-state index is 9.82. The van der Waals surface area contributed by atoms with E-state index < -0.39 is 0 Å². The van der Waals surface area contributed by atoms with Gasteiger partial charge in [-0.05, 0) is 24.7 Å². The second-order valence-corrected chi connectivity index (χ2v) is 4.89. The largest absolute Gasteiger partial charge is 0.493 e. The van der Waals surface area contributed by atoms with Crippen LogP contribution in [0.3, 0.4) is 0 Å². The smallest absolute Gasteiger partial charge is 0.218 e. The zero-order chi connectivity index (χ0) is 14.4. The van der Waals surface area contributed by atoms with E-state index in [-0.39, 0.29) is 5.88 Å². The van der Waals surface area contributed by atoms with Gasteiger partial charge in [0, 0.05) is 11.9 Å². The van der Waals surface area contributed by atoms with E-state index in [1.165, 1.54) is 6.42 Å². The number of azo groups is 1. The average Bonchev–Trinajstić information content (AvgIpc) is 2.77. The summed E-state index contributed by atoms with van der Waals surface area (Å²) in [6, 6.07) is 7.52. The molecule has 0 aliphatic rings. The SMILES string of the molecule is CCCCCNC(=S)N=Nc1c(O)[nH]c2ccccc12. The molecule has 1 aromatic heterocycles. The van der Waals surface area contributed by atoms with Gasteiger partial charge < -0.3 is 15.4 Å². The van der Waals surface area contributed by atoms with Crippen LogP contribution in [0, 0.1) is 0 Å². The van der Waals surface area contributed by atoms with Gasteiger partial charge >= 0.3 is 0 Å². The van der Waals surface area contributed by atoms with E-state index in [2.05, 4.69) is 27.5 Å². The molecule has 0 amide bonds. The zero-order valence-corrected chi connectivity index (χ0v) is 12.2. The molecular formula is C14H18N4OS. The Labute approximate surface area is 123 Å². The number of para-hydroxylation sites is 1. The number of nitrogens with zero attached hydrogens (tertiary/aromatic N) is 2. The predicted octanol–water partition coefficient (Wildman–Crippen LogP) is 4.02. The highest BCUT2D eigenvalue weighted by Crippen LogP contribution is 2.35. The molecule has 0 saturated carbocycles. The molecule has 0 saturated heterocycles. The Hall–Kier alpha value is -1.95. The van der Waals surface area contributed by atoms with Gasteiger partial charge in [-0.2, -0.15) is 0 Å². The predicted molar refractivity (Wildman–Crippen MR) is 84.6 cm³/mol. The number of hydrogen-bond acceptors (Lipinski definition) is 3. The summed E-state index contributed by atoms with van der Waals surface area (Å²) in [6.45, 7) is 2.95. The Morgan fingerprint density at radius 1 is 1.35 bits per heavy atom. The quantitative estimate of drug-likeness (QED) is 0.442. The number of benzene rings is 1. The Morgan fingerprint density at radius 2 is 2.15 bits per heavy atom. The van der Waals surface area contributed by atoms with E-state index >= 15 is 0 Å². The fourth-order valence-corrected chi connectivity index (χ4v) is 2.06. The first kappa shape index (κ1) is 14.5. The van der Waals surface area contributed by atoms with Crippen molar-refractivity contribution in [1.29, 1.82) is 0 Å². The van der Waals surface area contributed by atoms with Crippen LogP contribution in [0.1, 0.15) is 26.2 Å². The van der Waals surface area contributed by atoms with Crippen molar-refractivity contribution < 1.29 is 5.11 Å². The molecule has 2 rings (SSSR count). The lowest BCUT2D eigenvalue weighted by molar-refractivity contribution is 0.459. The maximum Gasteiger partial charge on any atom is 0.218 e. The summed E-state index contributed by atoms with van der Waals surface area (Å²) in [4.78, 5) is 2.85. The number of nitrogens with one attached hydrogen (secondary N) is 2. The van der Waals surface area contributed by atoms with Crippen LogP contribution in [0.4, 0.5) is 5.69 Å². The number of unbranched alkanes of at least 4 members (excludes halogenated alkanes) is 2. The van der Waals surface area contributed by atoms with Crippen molar-refractivity contribution in [3.63, 3.8) is 0 Å². The number of hydrogen-bond donors (Lipinski definition) is 3. The number of thiocarbonyl (C=S) groups is 1. The Bertz CT molecular complexity index is 621. The summed E-state index contributed by atoms with van der Waals surface area (Å²) in [5.74, 6) is 0.00346. The van der Waals surface area contributed by atoms with E-state index in [0.29, 0.717) is 10.8 Å². The first-order valence-electron chi connectivity index (χ1n) is 6.71. The molecule has 0 fully saturated rings. The number of aromatic hydroxyl groups is 1. The third-order valence-corrected chi connectivity index (χ3v) is 3.18. The molecular weight excluding hydrogens is 272 g/mol. The molecule has 20 heavy (non-hydrogen) atoms. The Kier molecular flexibility index (Phi) is 5.06. The van der Waals surface area contributed by atoms with Gasteiger partial charge in [-0.15, -0.1) is 10.2 Å². The van der Waals surface area contributed by atoms with Gasteiger partial charge in [-0.1, -0.05) is 38.0 Å². The Morgan fingerprint density at radius 3 is 2.95 bits per heavy atom. The molecule has 0 spiro atoms. The van der Waals surface area contributed by atoms with Gasteiger partial charge in [-0.25, -0.2) is 0 Å². The molecule has 1 aromatic carbocycles. The molecule has 0 atom stereocenters. The molecule has 0 bridgehead atoms. The summed E-state index contributed by atoms with van der Waals surface area (Å²) >= 11 is 5.08. The van der Waals surface area contributed by atoms with E-state index in [9.17, 15) is 5.11 Å². The summed E-state index contributed by atoms with van der Waals surface area (Å²) in [6.07, 6.45) is 3.39. The molecule has 5 nitrogen and oxygen atoms in total. The summed E-state index contributed by atoms with van der Waals surface area (Å²) < 4.78 is 0. The molecule has 3 N–H and O–H groups in total. The van der Waals surface area contributed by atoms with E-state index in [1.807, 2.05) is 24.3 Å². The van der Waals surface area contributed by atoms with Crippen LogP contribution in [0.15, 0.2) is 34.5 Å².